The number of nitrogens with zero attached hydrogens (tertiary/aromatic N) is 3. The molecule has 0 unspecified atom stereocenters. The lowest BCUT2D eigenvalue weighted by molar-refractivity contribution is 0.198. The highest BCUT2D eigenvalue weighted by molar-refractivity contribution is 5.59. The van der Waals surface area contributed by atoms with Crippen molar-refractivity contribution in [2.45, 2.75) is 39.0 Å². The fourth-order valence-electron chi connectivity index (χ4n) is 3.99. The second-order valence-electron chi connectivity index (χ2n) is 7.55. The molecule has 2 aliphatic heterocycles. The van der Waals surface area contributed by atoms with Crippen LogP contribution in [0.2, 0.25) is 0 Å². The van der Waals surface area contributed by atoms with Gasteiger partial charge in [0.15, 0.2) is 0 Å². The lowest BCUT2D eigenvalue weighted by atomic mass is 10.1. The molecule has 0 amide bonds. The molecule has 4 nitrogen and oxygen atoms in total. The molecule has 0 spiro atoms. The van der Waals surface area contributed by atoms with Crippen molar-refractivity contribution in [2.24, 2.45) is 0 Å². The zero-order valence-corrected chi connectivity index (χ0v) is 16.3. The Labute approximate surface area is 157 Å². The molecule has 0 N–H and O–H groups in total. The number of halogens is 1. The summed E-state index contributed by atoms with van der Waals surface area (Å²) in [5, 5.41) is 0. The first kappa shape index (κ1) is 19.4. The van der Waals surface area contributed by atoms with Crippen LogP contribution in [0.25, 0.3) is 0 Å². The van der Waals surface area contributed by atoms with Crippen LogP contribution in [0.3, 0.4) is 0 Å². The topological polar surface area (TPSA) is 19.0 Å². The first-order valence-electron chi connectivity index (χ1n) is 10.4. The number of piperidine rings is 1. The van der Waals surface area contributed by atoms with Crippen molar-refractivity contribution >= 4 is 5.69 Å². The fourth-order valence-corrected chi connectivity index (χ4v) is 3.99. The summed E-state index contributed by atoms with van der Waals surface area (Å²) >= 11 is 0. The Morgan fingerprint density at radius 3 is 2.31 bits per heavy atom. The molecule has 1 aromatic carbocycles. The van der Waals surface area contributed by atoms with Crippen molar-refractivity contribution < 1.29 is 9.13 Å². The highest BCUT2D eigenvalue weighted by atomic mass is 19.1. The van der Waals surface area contributed by atoms with Gasteiger partial charge in [-0.3, -0.25) is 4.90 Å². The van der Waals surface area contributed by atoms with E-state index in [2.05, 4.69) is 21.6 Å². The average molecular weight is 364 g/mol. The summed E-state index contributed by atoms with van der Waals surface area (Å²) < 4.78 is 19.6. The number of likely N-dealkylation sites (tertiary alicyclic amines) is 1. The van der Waals surface area contributed by atoms with E-state index in [4.69, 9.17) is 4.74 Å². The lowest BCUT2D eigenvalue weighted by Crippen LogP contribution is -2.47. The number of ether oxygens (including phenoxy) is 1. The molecule has 0 radical (unpaired) electrons. The predicted octanol–water partition coefficient (Wildman–Crippen LogP) is 3.61. The maximum Gasteiger partial charge on any atom is 0.142 e. The number of rotatable bonds is 8. The summed E-state index contributed by atoms with van der Waals surface area (Å²) in [5.41, 5.74) is 0.909. The number of piperazine rings is 1. The maximum atomic E-state index is 13.7. The van der Waals surface area contributed by atoms with Crippen molar-refractivity contribution in [1.82, 2.24) is 9.80 Å². The molecule has 0 aliphatic carbocycles. The van der Waals surface area contributed by atoms with Gasteiger partial charge in [0, 0.05) is 32.2 Å². The van der Waals surface area contributed by atoms with Gasteiger partial charge in [0.25, 0.3) is 0 Å². The van der Waals surface area contributed by atoms with Crippen LogP contribution in [0.4, 0.5) is 10.1 Å². The first-order valence-corrected chi connectivity index (χ1v) is 10.4. The minimum atomic E-state index is -0.187. The van der Waals surface area contributed by atoms with E-state index in [1.54, 1.807) is 12.1 Å². The van der Waals surface area contributed by atoms with E-state index >= 15 is 0 Å². The van der Waals surface area contributed by atoms with Crippen molar-refractivity contribution in [2.75, 3.05) is 63.9 Å². The van der Waals surface area contributed by atoms with Crippen LogP contribution in [0.5, 0.6) is 5.75 Å². The van der Waals surface area contributed by atoms with Gasteiger partial charge in [-0.05, 0) is 64.0 Å². The summed E-state index contributed by atoms with van der Waals surface area (Å²) in [5.74, 6) is 0.625. The van der Waals surface area contributed by atoms with Gasteiger partial charge in [0.1, 0.15) is 11.6 Å². The molecule has 26 heavy (non-hydrogen) atoms. The van der Waals surface area contributed by atoms with Crippen molar-refractivity contribution in [3.05, 3.63) is 24.0 Å². The Morgan fingerprint density at radius 1 is 0.923 bits per heavy atom. The Morgan fingerprint density at radius 2 is 1.62 bits per heavy atom. The highest BCUT2D eigenvalue weighted by Crippen LogP contribution is 2.30. The molecule has 1 aromatic rings. The minimum Gasteiger partial charge on any atom is -0.491 e. The molecular formula is C21H34FN3O. The normalized spacial score (nSPS) is 19.7. The predicted molar refractivity (Wildman–Crippen MR) is 106 cm³/mol. The monoisotopic (exact) mass is 363 g/mol. The lowest BCUT2D eigenvalue weighted by Gasteiger charge is -2.37. The third kappa shape index (κ3) is 5.58. The van der Waals surface area contributed by atoms with Crippen LogP contribution in [0.1, 0.15) is 39.0 Å². The zero-order valence-electron chi connectivity index (χ0n) is 16.3. The SMILES string of the molecule is CCCOc1ccc(F)cc1N1CCN(CCCN2CCCCC2)CC1. The molecule has 3 rings (SSSR count). The van der Waals surface area contributed by atoms with Gasteiger partial charge in [-0.2, -0.15) is 0 Å². The number of hydrogen-bond donors (Lipinski definition) is 0. The molecule has 2 heterocycles. The summed E-state index contributed by atoms with van der Waals surface area (Å²) in [7, 11) is 0. The van der Waals surface area contributed by atoms with Crippen LogP contribution >= 0.6 is 0 Å². The van der Waals surface area contributed by atoms with E-state index in [0.29, 0.717) is 6.61 Å². The van der Waals surface area contributed by atoms with Gasteiger partial charge in [-0.15, -0.1) is 0 Å². The second kappa shape index (κ2) is 10.1. The summed E-state index contributed by atoms with van der Waals surface area (Å²) in [6.45, 7) is 11.7. The Kier molecular flexibility index (Phi) is 7.56. The molecule has 0 bridgehead atoms. The third-order valence-electron chi connectivity index (χ3n) is 5.49. The van der Waals surface area contributed by atoms with Crippen molar-refractivity contribution in [3.8, 4) is 5.75 Å². The largest absolute Gasteiger partial charge is 0.491 e. The van der Waals surface area contributed by atoms with Crippen LogP contribution < -0.4 is 9.64 Å². The standard InChI is InChI=1S/C21H34FN3O/c1-2-17-26-21-8-7-19(22)18-20(21)25-15-13-24(14-16-25)12-6-11-23-9-4-3-5-10-23/h7-8,18H,2-6,9-17H2,1H3. The zero-order chi connectivity index (χ0) is 18.2. The van der Waals surface area contributed by atoms with Gasteiger partial charge in [0.05, 0.1) is 12.3 Å². The molecule has 0 aromatic heterocycles. The van der Waals surface area contributed by atoms with Crippen LogP contribution in [-0.4, -0.2) is 68.8 Å². The third-order valence-corrected chi connectivity index (χ3v) is 5.49. The molecule has 5 heteroatoms. The smallest absolute Gasteiger partial charge is 0.142 e. The highest BCUT2D eigenvalue weighted by Gasteiger charge is 2.20. The van der Waals surface area contributed by atoms with Gasteiger partial charge >= 0.3 is 0 Å². The van der Waals surface area contributed by atoms with Gasteiger partial charge < -0.3 is 14.5 Å². The van der Waals surface area contributed by atoms with E-state index in [1.165, 1.54) is 57.9 Å². The van der Waals surface area contributed by atoms with Gasteiger partial charge in [-0.1, -0.05) is 13.3 Å². The molecule has 2 fully saturated rings. The summed E-state index contributed by atoms with van der Waals surface area (Å²) in [6, 6.07) is 4.88. The molecule has 2 aliphatic rings. The average Bonchev–Trinajstić information content (AvgIpc) is 2.68. The van der Waals surface area contributed by atoms with Gasteiger partial charge in [0.2, 0.25) is 0 Å². The Bertz CT molecular complexity index is 540. The van der Waals surface area contributed by atoms with E-state index < -0.39 is 0 Å². The molecular weight excluding hydrogens is 329 g/mol. The molecule has 0 atom stereocenters. The van der Waals surface area contributed by atoms with E-state index in [1.807, 2.05) is 0 Å². The first-order chi connectivity index (χ1) is 12.8. The van der Waals surface area contributed by atoms with Crippen LogP contribution in [-0.2, 0) is 0 Å². The number of benzene rings is 1. The Hall–Kier alpha value is -1.33. The molecule has 2 saturated heterocycles. The second-order valence-corrected chi connectivity index (χ2v) is 7.55. The fraction of sp³-hybridized carbons (Fsp3) is 0.714. The maximum absolute atomic E-state index is 13.7. The van der Waals surface area contributed by atoms with Crippen molar-refractivity contribution in [3.63, 3.8) is 0 Å². The number of anilines is 1. The van der Waals surface area contributed by atoms with E-state index in [9.17, 15) is 4.39 Å². The summed E-state index contributed by atoms with van der Waals surface area (Å²) in [6.07, 6.45) is 6.36. The molecule has 0 saturated carbocycles. The van der Waals surface area contributed by atoms with Crippen molar-refractivity contribution in [1.29, 1.82) is 0 Å². The molecule has 146 valence electrons. The van der Waals surface area contributed by atoms with Crippen LogP contribution in [0.15, 0.2) is 18.2 Å². The van der Waals surface area contributed by atoms with Crippen LogP contribution in [0, 0.1) is 5.82 Å². The quantitative estimate of drug-likeness (QED) is 0.702. The Balaban J connectivity index is 1.45. The minimum absolute atomic E-state index is 0.187. The van der Waals surface area contributed by atoms with Gasteiger partial charge in [-0.25, -0.2) is 4.39 Å². The van der Waals surface area contributed by atoms with E-state index in [0.717, 1.165) is 44.0 Å². The van der Waals surface area contributed by atoms with E-state index in [-0.39, 0.29) is 5.82 Å². The number of hydrogen-bond acceptors (Lipinski definition) is 4. The summed E-state index contributed by atoms with van der Waals surface area (Å²) in [4.78, 5) is 7.44.